The third-order valence-electron chi connectivity index (χ3n) is 5.37. The van der Waals surface area contributed by atoms with Crippen molar-refractivity contribution in [3.05, 3.63) is 95.1 Å². The van der Waals surface area contributed by atoms with Crippen molar-refractivity contribution in [2.45, 2.75) is 38.9 Å². The van der Waals surface area contributed by atoms with Crippen LogP contribution in [0.1, 0.15) is 42.3 Å². The Hall–Kier alpha value is -2.92. The smallest absolute Gasteiger partial charge is 0.115 e. The van der Waals surface area contributed by atoms with Gasteiger partial charge in [0, 0.05) is 29.9 Å². The maximum Gasteiger partial charge on any atom is 0.115 e. The summed E-state index contributed by atoms with van der Waals surface area (Å²) < 4.78 is 2.10. The van der Waals surface area contributed by atoms with Crippen molar-refractivity contribution >= 4 is 28.7 Å². The zero-order chi connectivity index (χ0) is 21.1. The molecule has 2 aromatic heterocycles. The van der Waals surface area contributed by atoms with Crippen LogP contribution in [0.25, 0.3) is 10.9 Å². The van der Waals surface area contributed by atoms with Crippen molar-refractivity contribution in [1.82, 2.24) is 14.3 Å². The van der Waals surface area contributed by atoms with Crippen molar-refractivity contribution in [3.63, 3.8) is 0 Å². The summed E-state index contributed by atoms with van der Waals surface area (Å²) in [7, 11) is 0. The van der Waals surface area contributed by atoms with Gasteiger partial charge in [0.2, 0.25) is 0 Å². The van der Waals surface area contributed by atoms with Crippen LogP contribution in [0.4, 0.5) is 0 Å². The Bertz CT molecular complexity index is 1150. The molecule has 30 heavy (non-hydrogen) atoms. The molecule has 0 saturated heterocycles. The van der Waals surface area contributed by atoms with Gasteiger partial charge in [-0.3, -0.25) is 19.7 Å². The molecule has 3 aromatic rings. The molecule has 152 valence electrons. The highest BCUT2D eigenvalue weighted by Gasteiger charge is 2.25. The fourth-order valence-electron chi connectivity index (χ4n) is 3.57. The fraction of sp³-hybridized carbons (Fsp3) is 0.240. The van der Waals surface area contributed by atoms with Gasteiger partial charge in [-0.2, -0.15) is 0 Å². The van der Waals surface area contributed by atoms with E-state index < -0.39 is 0 Å². The second-order valence-corrected chi connectivity index (χ2v) is 8.67. The first-order valence-corrected chi connectivity index (χ1v) is 11.1. The zero-order valence-corrected chi connectivity index (χ0v) is 18.4. The van der Waals surface area contributed by atoms with Gasteiger partial charge in [-0.25, -0.2) is 0 Å². The predicted octanol–water partition coefficient (Wildman–Crippen LogP) is 6.40. The van der Waals surface area contributed by atoms with E-state index in [0.29, 0.717) is 12.3 Å². The lowest BCUT2D eigenvalue weighted by molar-refractivity contribution is 0.784. The van der Waals surface area contributed by atoms with Crippen LogP contribution in [-0.4, -0.2) is 20.1 Å². The van der Waals surface area contributed by atoms with E-state index in [9.17, 15) is 0 Å². The summed E-state index contributed by atoms with van der Waals surface area (Å²) in [4.78, 5) is 8.72. The van der Waals surface area contributed by atoms with Gasteiger partial charge in [0.05, 0.1) is 16.5 Å². The molecule has 4 nitrogen and oxygen atoms in total. The van der Waals surface area contributed by atoms with E-state index in [1.165, 1.54) is 11.1 Å². The SMILES string of the molecule is CC/C(C)=C1\C=CC(c2ccnc(C)c2)SN1C(=N)Cc1ccc2ncccc2c1. The molecule has 3 heterocycles. The Morgan fingerprint density at radius 2 is 2.00 bits per heavy atom. The van der Waals surface area contributed by atoms with E-state index in [2.05, 4.69) is 70.6 Å². The van der Waals surface area contributed by atoms with Crippen molar-refractivity contribution in [3.8, 4) is 0 Å². The molecule has 4 rings (SSSR count). The molecule has 0 bridgehead atoms. The topological polar surface area (TPSA) is 52.9 Å². The minimum Gasteiger partial charge on any atom is -0.287 e. The van der Waals surface area contributed by atoms with Crippen LogP contribution in [0.3, 0.4) is 0 Å². The number of fused-ring (bicyclic) bond motifs is 1. The summed E-state index contributed by atoms with van der Waals surface area (Å²) in [5.41, 5.74) is 6.75. The third kappa shape index (κ3) is 4.31. The fourth-order valence-corrected chi connectivity index (χ4v) is 4.74. The minimum atomic E-state index is 0.168. The Labute approximate surface area is 182 Å². The molecule has 1 N–H and O–H groups in total. The van der Waals surface area contributed by atoms with Gasteiger partial charge in [0.1, 0.15) is 5.84 Å². The quantitative estimate of drug-likeness (QED) is 0.305. The number of benzene rings is 1. The Morgan fingerprint density at radius 3 is 2.80 bits per heavy atom. The van der Waals surface area contributed by atoms with Crippen LogP contribution in [0, 0.1) is 12.3 Å². The standard InChI is InChI=1S/C25H26N4S/c1-4-17(2)23-9-10-24(21-11-13-27-18(3)14-21)30-29(23)25(26)16-19-7-8-22-20(15-19)6-5-12-28-22/h5-15,24,26H,4,16H2,1-3H3/b23-17+,26-25?. The van der Waals surface area contributed by atoms with E-state index >= 15 is 0 Å². The van der Waals surface area contributed by atoms with Gasteiger partial charge in [-0.05, 0) is 85.3 Å². The number of aryl methyl sites for hydroxylation is 1. The van der Waals surface area contributed by atoms with Crippen molar-refractivity contribution in [2.24, 2.45) is 0 Å². The van der Waals surface area contributed by atoms with E-state index in [0.717, 1.165) is 34.3 Å². The van der Waals surface area contributed by atoms with Crippen LogP contribution in [-0.2, 0) is 6.42 Å². The van der Waals surface area contributed by atoms with Crippen molar-refractivity contribution in [1.29, 1.82) is 5.41 Å². The molecule has 0 saturated carbocycles. The molecular weight excluding hydrogens is 388 g/mol. The highest BCUT2D eigenvalue weighted by Crippen LogP contribution is 2.41. The lowest BCUT2D eigenvalue weighted by Gasteiger charge is -2.33. The van der Waals surface area contributed by atoms with Gasteiger partial charge in [0.25, 0.3) is 0 Å². The Morgan fingerprint density at radius 1 is 1.13 bits per heavy atom. The Kier molecular flexibility index (Phi) is 6.00. The van der Waals surface area contributed by atoms with Gasteiger partial charge < -0.3 is 0 Å². The number of pyridine rings is 2. The van der Waals surface area contributed by atoms with Crippen LogP contribution in [0.15, 0.2) is 78.3 Å². The first-order chi connectivity index (χ1) is 14.5. The van der Waals surface area contributed by atoms with Crippen LogP contribution < -0.4 is 0 Å². The normalized spacial score (nSPS) is 18.0. The average Bonchev–Trinajstić information content (AvgIpc) is 2.78. The highest BCUT2D eigenvalue weighted by molar-refractivity contribution is 7.98. The predicted molar refractivity (Wildman–Crippen MR) is 126 cm³/mol. The first kappa shape index (κ1) is 20.4. The second-order valence-electron chi connectivity index (χ2n) is 7.58. The molecule has 1 atom stereocenters. The number of aromatic nitrogens is 2. The monoisotopic (exact) mass is 414 g/mol. The molecule has 1 unspecified atom stereocenters. The lowest BCUT2D eigenvalue weighted by Crippen LogP contribution is -2.28. The van der Waals surface area contributed by atoms with E-state index in [-0.39, 0.29) is 5.25 Å². The Balaban J connectivity index is 1.62. The summed E-state index contributed by atoms with van der Waals surface area (Å²) in [6.07, 6.45) is 9.62. The number of allylic oxidation sites excluding steroid dienone is 2. The van der Waals surface area contributed by atoms with E-state index in [1.54, 1.807) is 11.9 Å². The lowest BCUT2D eigenvalue weighted by atomic mass is 10.1. The average molecular weight is 415 g/mol. The van der Waals surface area contributed by atoms with Gasteiger partial charge in [-0.15, -0.1) is 0 Å². The zero-order valence-electron chi connectivity index (χ0n) is 17.6. The third-order valence-corrected chi connectivity index (χ3v) is 6.65. The molecule has 0 amide bonds. The number of amidine groups is 1. The van der Waals surface area contributed by atoms with Gasteiger partial charge in [0.15, 0.2) is 0 Å². The molecule has 0 radical (unpaired) electrons. The number of rotatable bonds is 4. The van der Waals surface area contributed by atoms with Crippen LogP contribution in [0.5, 0.6) is 0 Å². The molecule has 1 aliphatic heterocycles. The van der Waals surface area contributed by atoms with E-state index in [1.807, 2.05) is 31.5 Å². The number of nitrogens with zero attached hydrogens (tertiary/aromatic N) is 3. The summed E-state index contributed by atoms with van der Waals surface area (Å²) in [6, 6.07) is 14.5. The number of hydrogen-bond acceptors (Lipinski definition) is 4. The molecule has 0 fully saturated rings. The summed E-state index contributed by atoms with van der Waals surface area (Å²) in [5, 5.41) is 10.2. The van der Waals surface area contributed by atoms with Gasteiger partial charge >= 0.3 is 0 Å². The van der Waals surface area contributed by atoms with E-state index in [4.69, 9.17) is 5.41 Å². The van der Waals surface area contributed by atoms with Crippen LogP contribution in [0.2, 0.25) is 0 Å². The van der Waals surface area contributed by atoms with Crippen molar-refractivity contribution < 1.29 is 0 Å². The molecule has 0 spiro atoms. The highest BCUT2D eigenvalue weighted by atomic mass is 32.2. The van der Waals surface area contributed by atoms with Gasteiger partial charge in [-0.1, -0.05) is 25.1 Å². The van der Waals surface area contributed by atoms with Crippen LogP contribution >= 0.6 is 11.9 Å². The molecule has 1 aliphatic rings. The number of nitrogens with one attached hydrogen (secondary N) is 1. The molecular formula is C25H26N4S. The maximum absolute atomic E-state index is 8.93. The second kappa shape index (κ2) is 8.84. The number of hydrogen-bond donors (Lipinski definition) is 1. The molecule has 1 aromatic carbocycles. The molecule has 5 heteroatoms. The minimum absolute atomic E-state index is 0.168. The first-order valence-electron chi connectivity index (χ1n) is 10.2. The van der Waals surface area contributed by atoms with Crippen molar-refractivity contribution in [2.75, 3.05) is 0 Å². The largest absolute Gasteiger partial charge is 0.287 e. The summed E-state index contributed by atoms with van der Waals surface area (Å²) >= 11 is 1.70. The maximum atomic E-state index is 8.93. The summed E-state index contributed by atoms with van der Waals surface area (Å²) in [5.74, 6) is 0.589. The molecule has 0 aliphatic carbocycles. The summed E-state index contributed by atoms with van der Waals surface area (Å²) in [6.45, 7) is 6.33.